The monoisotopic (exact) mass is 261 g/mol. The van der Waals surface area contributed by atoms with Gasteiger partial charge in [0.1, 0.15) is 12.4 Å². The molecule has 2 N–H and O–H groups in total. The highest BCUT2D eigenvalue weighted by molar-refractivity contribution is 5.79. The summed E-state index contributed by atoms with van der Waals surface area (Å²) in [6, 6.07) is 0. The van der Waals surface area contributed by atoms with Crippen LogP contribution in [0.25, 0.3) is 0 Å². The second-order valence-corrected chi connectivity index (χ2v) is 4.52. The van der Waals surface area contributed by atoms with Crippen LogP contribution < -0.4 is 5.32 Å². The number of amides is 1. The molecule has 100 valence electrons. The molecule has 18 heavy (non-hydrogen) atoms. The van der Waals surface area contributed by atoms with E-state index in [-0.39, 0.29) is 0 Å². The molecule has 1 heterocycles. The van der Waals surface area contributed by atoms with E-state index in [1.165, 1.54) is 0 Å². The lowest BCUT2D eigenvalue weighted by atomic mass is 9.89. The molecule has 1 aliphatic rings. The molecule has 0 bridgehead atoms. The molecule has 1 aliphatic carbocycles. The number of hydrogen-bond acceptors (Lipinski definition) is 2. The van der Waals surface area contributed by atoms with Crippen LogP contribution in [-0.4, -0.2) is 28.6 Å². The number of nitrogens with one attached hydrogen (secondary N) is 2. The fourth-order valence-corrected chi connectivity index (χ4v) is 2.18. The minimum absolute atomic E-state index is 0.403. The molecule has 1 unspecified atom stereocenters. The van der Waals surface area contributed by atoms with Gasteiger partial charge in [-0.25, -0.2) is 4.98 Å². The summed E-state index contributed by atoms with van der Waals surface area (Å²) in [5, 5.41) is 1.93. The van der Waals surface area contributed by atoms with Crippen molar-refractivity contribution < 1.29 is 18.0 Å². The first kappa shape index (κ1) is 12.9. The van der Waals surface area contributed by atoms with Crippen molar-refractivity contribution >= 4 is 5.91 Å². The lowest BCUT2D eigenvalue weighted by molar-refractivity contribution is -0.141. The Bertz CT molecular complexity index is 453. The van der Waals surface area contributed by atoms with Crippen LogP contribution in [0.4, 0.5) is 13.2 Å². The van der Waals surface area contributed by atoms with Crippen molar-refractivity contribution in [2.24, 2.45) is 5.92 Å². The van der Waals surface area contributed by atoms with E-state index in [1.807, 2.05) is 12.2 Å². The lowest BCUT2D eigenvalue weighted by Gasteiger charge is -2.20. The standard InChI is InChI=1S/C11H14F3N3O/c1-6-16-8-3-2-7(4-9(8)17-6)10(18)15-5-11(12,13)14/h7H,2-5H2,1H3,(H,15,18)(H,16,17). The zero-order valence-corrected chi connectivity index (χ0v) is 9.90. The fraction of sp³-hybridized carbons (Fsp3) is 0.636. The predicted molar refractivity (Wildman–Crippen MR) is 57.9 cm³/mol. The van der Waals surface area contributed by atoms with Crippen molar-refractivity contribution in [2.45, 2.75) is 32.4 Å². The average molecular weight is 261 g/mol. The maximum absolute atomic E-state index is 12.0. The van der Waals surface area contributed by atoms with E-state index in [0.717, 1.165) is 17.2 Å². The summed E-state index contributed by atoms with van der Waals surface area (Å²) in [5.41, 5.74) is 1.79. The van der Waals surface area contributed by atoms with Crippen molar-refractivity contribution in [3.05, 3.63) is 17.2 Å². The first-order valence-electron chi connectivity index (χ1n) is 5.74. The summed E-state index contributed by atoms with van der Waals surface area (Å²) in [6.07, 6.45) is -2.76. The smallest absolute Gasteiger partial charge is 0.347 e. The van der Waals surface area contributed by atoms with E-state index in [9.17, 15) is 18.0 Å². The van der Waals surface area contributed by atoms with Crippen molar-refractivity contribution in [1.29, 1.82) is 0 Å². The third-order valence-corrected chi connectivity index (χ3v) is 3.00. The van der Waals surface area contributed by atoms with E-state index in [2.05, 4.69) is 9.97 Å². The molecule has 4 nitrogen and oxygen atoms in total. The quantitative estimate of drug-likeness (QED) is 0.847. The molecule has 7 heteroatoms. The second kappa shape index (κ2) is 4.62. The number of aromatic nitrogens is 2. The number of H-pyrrole nitrogens is 1. The van der Waals surface area contributed by atoms with Gasteiger partial charge in [-0.15, -0.1) is 0 Å². The van der Waals surface area contributed by atoms with Crippen molar-refractivity contribution in [3.63, 3.8) is 0 Å². The normalized spacial score (nSPS) is 19.4. The number of fused-ring (bicyclic) bond motifs is 1. The van der Waals surface area contributed by atoms with E-state index in [1.54, 1.807) is 0 Å². The number of rotatable bonds is 2. The van der Waals surface area contributed by atoms with Gasteiger partial charge in [-0.05, 0) is 19.8 Å². The Balaban J connectivity index is 1.94. The van der Waals surface area contributed by atoms with Crippen LogP contribution in [0.3, 0.4) is 0 Å². The zero-order chi connectivity index (χ0) is 13.3. The van der Waals surface area contributed by atoms with Crippen LogP contribution in [0.5, 0.6) is 0 Å². The number of carbonyl (C=O) groups is 1. The van der Waals surface area contributed by atoms with Gasteiger partial charge in [0.25, 0.3) is 0 Å². The van der Waals surface area contributed by atoms with Gasteiger partial charge in [0, 0.05) is 18.0 Å². The Hall–Kier alpha value is -1.53. The van der Waals surface area contributed by atoms with E-state index in [0.29, 0.717) is 19.3 Å². The molecule has 0 aromatic carbocycles. The number of hydrogen-bond donors (Lipinski definition) is 2. The van der Waals surface area contributed by atoms with Gasteiger partial charge in [-0.1, -0.05) is 0 Å². The first-order valence-corrected chi connectivity index (χ1v) is 5.74. The highest BCUT2D eigenvalue weighted by Gasteiger charge is 2.31. The number of aryl methyl sites for hydroxylation is 2. The van der Waals surface area contributed by atoms with E-state index in [4.69, 9.17) is 0 Å². The van der Waals surface area contributed by atoms with E-state index < -0.39 is 24.5 Å². The van der Waals surface area contributed by atoms with Crippen molar-refractivity contribution in [2.75, 3.05) is 6.54 Å². The summed E-state index contributed by atoms with van der Waals surface area (Å²) in [5.74, 6) is -0.165. The van der Waals surface area contributed by atoms with Gasteiger partial charge in [0.05, 0.1) is 5.69 Å². The van der Waals surface area contributed by atoms with Crippen LogP contribution in [0.1, 0.15) is 23.6 Å². The summed E-state index contributed by atoms with van der Waals surface area (Å²) < 4.78 is 36.0. The molecular weight excluding hydrogens is 247 g/mol. The first-order chi connectivity index (χ1) is 8.35. The number of aromatic amines is 1. The number of nitrogens with zero attached hydrogens (tertiary/aromatic N) is 1. The summed E-state index contributed by atoms with van der Waals surface area (Å²) in [6.45, 7) is 0.550. The summed E-state index contributed by atoms with van der Waals surface area (Å²) >= 11 is 0. The molecule has 1 aromatic rings. The summed E-state index contributed by atoms with van der Waals surface area (Å²) in [7, 11) is 0. The highest BCUT2D eigenvalue weighted by atomic mass is 19.4. The lowest BCUT2D eigenvalue weighted by Crippen LogP contribution is -2.39. The summed E-state index contributed by atoms with van der Waals surface area (Å²) in [4.78, 5) is 18.9. The van der Waals surface area contributed by atoms with Crippen LogP contribution in [0, 0.1) is 12.8 Å². The van der Waals surface area contributed by atoms with Gasteiger partial charge in [0.2, 0.25) is 5.91 Å². The van der Waals surface area contributed by atoms with Gasteiger partial charge >= 0.3 is 6.18 Å². The molecule has 0 fully saturated rings. The average Bonchev–Trinajstić information content (AvgIpc) is 2.63. The Kier molecular flexibility index (Phi) is 3.32. The molecule has 0 saturated carbocycles. The van der Waals surface area contributed by atoms with Crippen LogP contribution >= 0.6 is 0 Å². The largest absolute Gasteiger partial charge is 0.405 e. The number of imidazole rings is 1. The molecule has 2 rings (SSSR count). The van der Waals surface area contributed by atoms with Crippen LogP contribution in [-0.2, 0) is 17.6 Å². The molecule has 0 radical (unpaired) electrons. The molecule has 1 atom stereocenters. The molecule has 1 amide bonds. The Morgan fingerprint density at radius 1 is 1.56 bits per heavy atom. The third kappa shape index (κ3) is 3.02. The maximum Gasteiger partial charge on any atom is 0.405 e. The zero-order valence-electron chi connectivity index (χ0n) is 9.90. The van der Waals surface area contributed by atoms with E-state index >= 15 is 0 Å². The molecule has 0 aliphatic heterocycles. The van der Waals surface area contributed by atoms with Gasteiger partial charge in [0.15, 0.2) is 0 Å². The van der Waals surface area contributed by atoms with Crippen LogP contribution in [0.2, 0.25) is 0 Å². The molecule has 0 spiro atoms. The minimum atomic E-state index is -4.36. The number of halogens is 3. The third-order valence-electron chi connectivity index (χ3n) is 3.00. The Labute approximate surface area is 102 Å². The topological polar surface area (TPSA) is 57.8 Å². The predicted octanol–water partition coefficient (Wildman–Crippen LogP) is 1.50. The van der Waals surface area contributed by atoms with Crippen LogP contribution in [0.15, 0.2) is 0 Å². The molecule has 1 aromatic heterocycles. The van der Waals surface area contributed by atoms with Crippen molar-refractivity contribution in [3.8, 4) is 0 Å². The Morgan fingerprint density at radius 2 is 2.28 bits per heavy atom. The molecular formula is C11H14F3N3O. The Morgan fingerprint density at radius 3 is 2.94 bits per heavy atom. The SMILES string of the molecule is Cc1nc2c([nH]1)CC(C(=O)NCC(F)(F)F)CC2. The van der Waals surface area contributed by atoms with Gasteiger partial charge in [-0.2, -0.15) is 13.2 Å². The maximum atomic E-state index is 12.0. The minimum Gasteiger partial charge on any atom is -0.347 e. The van der Waals surface area contributed by atoms with Crippen molar-refractivity contribution in [1.82, 2.24) is 15.3 Å². The second-order valence-electron chi connectivity index (χ2n) is 4.52. The number of alkyl halides is 3. The van der Waals surface area contributed by atoms with Gasteiger partial charge < -0.3 is 10.3 Å². The highest BCUT2D eigenvalue weighted by Crippen LogP contribution is 2.24. The fourth-order valence-electron chi connectivity index (χ4n) is 2.18. The number of carbonyl (C=O) groups excluding carboxylic acids is 1. The van der Waals surface area contributed by atoms with Gasteiger partial charge in [-0.3, -0.25) is 4.79 Å². The molecule has 0 saturated heterocycles.